The highest BCUT2D eigenvalue weighted by Crippen LogP contribution is 2.58. The van der Waals surface area contributed by atoms with E-state index in [2.05, 4.69) is 47.1 Å². The van der Waals surface area contributed by atoms with Crippen molar-refractivity contribution in [3.63, 3.8) is 0 Å². The minimum Gasteiger partial charge on any atom is -0.460 e. The van der Waals surface area contributed by atoms with Crippen molar-refractivity contribution in [1.29, 1.82) is 0 Å². The van der Waals surface area contributed by atoms with E-state index >= 15 is 0 Å². The molecule has 3 saturated heterocycles. The number of hydroxylamine groups is 2. The van der Waals surface area contributed by atoms with Gasteiger partial charge in [0.25, 0.3) is 0 Å². The third-order valence-electron chi connectivity index (χ3n) is 11.0. The largest absolute Gasteiger partial charge is 0.460 e. The van der Waals surface area contributed by atoms with E-state index < -0.39 is 95.8 Å². The molecule has 1 aromatic rings. The first-order valence-corrected chi connectivity index (χ1v) is 21.0. The van der Waals surface area contributed by atoms with Gasteiger partial charge in [-0.25, -0.2) is 0 Å². The number of amides is 2. The van der Waals surface area contributed by atoms with Gasteiger partial charge in [0.2, 0.25) is 11.8 Å². The molecule has 1 saturated carbocycles. The first-order chi connectivity index (χ1) is 26.1. The number of benzene rings is 1. The summed E-state index contributed by atoms with van der Waals surface area (Å²) in [7, 11) is 0. The lowest BCUT2D eigenvalue weighted by atomic mass is 9.62. The standard InChI is InChI=1S/C40H60IN3O11/c1-7-9-13-19-39(20-14-10-8-2)53-31-28-21-40(33(36(49)51-28)44(55-34(40)32(31)54-39)22-25-15-11-12-16-27(25)41)37(50)43-30(24(3)46)35(48)42-26(23-45)17-18-29(47)52-38(4,5)6/h11-12,15-16,24,26,28,30-34,45-46H,7-10,13-14,17-23H2,1-6H3,(H,42,48)(H,43,50)/t24-,26-,28+,30+,31-,32-,33+,34+,40+/m0/s1. The second kappa shape index (κ2) is 18.5. The second-order valence-corrected chi connectivity index (χ2v) is 17.7. The number of ether oxygens (including phenoxy) is 4. The van der Waals surface area contributed by atoms with Crippen LogP contribution in [0.25, 0.3) is 0 Å². The Balaban J connectivity index is 1.45. The van der Waals surface area contributed by atoms with Crippen LogP contribution in [0, 0.1) is 8.99 Å². The Labute approximate surface area is 338 Å². The van der Waals surface area contributed by atoms with Crippen molar-refractivity contribution >= 4 is 46.3 Å². The summed E-state index contributed by atoms with van der Waals surface area (Å²) in [4.78, 5) is 61.9. The topological polar surface area (TPSA) is 182 Å². The van der Waals surface area contributed by atoms with E-state index in [0.29, 0.717) is 12.8 Å². The summed E-state index contributed by atoms with van der Waals surface area (Å²) in [6.07, 6.45) is 2.49. The molecule has 0 spiro atoms. The molecular formula is C40H60IN3O11. The summed E-state index contributed by atoms with van der Waals surface area (Å²) in [6, 6.07) is 4.15. The van der Waals surface area contributed by atoms with Gasteiger partial charge < -0.3 is 39.8 Å². The van der Waals surface area contributed by atoms with Crippen LogP contribution in [-0.2, 0) is 49.5 Å². The van der Waals surface area contributed by atoms with Crippen LogP contribution in [0.1, 0.15) is 118 Å². The zero-order chi connectivity index (χ0) is 40.1. The first-order valence-electron chi connectivity index (χ1n) is 19.9. The molecule has 4 fully saturated rings. The number of aliphatic hydroxyl groups is 2. The first kappa shape index (κ1) is 43.7. The minimum atomic E-state index is -1.58. The van der Waals surface area contributed by atoms with Crippen LogP contribution in [-0.4, -0.2) is 106 Å². The van der Waals surface area contributed by atoms with Crippen LogP contribution in [0.4, 0.5) is 0 Å². The molecule has 2 bridgehead atoms. The predicted molar refractivity (Wildman–Crippen MR) is 209 cm³/mol. The maximum absolute atomic E-state index is 15.0. The van der Waals surface area contributed by atoms with Crippen LogP contribution >= 0.6 is 22.6 Å². The number of hydrogen-bond acceptors (Lipinski definition) is 12. The van der Waals surface area contributed by atoms with Gasteiger partial charge in [0.05, 0.1) is 25.3 Å². The summed E-state index contributed by atoms with van der Waals surface area (Å²) >= 11 is 2.22. The van der Waals surface area contributed by atoms with E-state index in [9.17, 15) is 29.4 Å². The Kier molecular flexibility index (Phi) is 14.7. The number of hydrogen-bond donors (Lipinski definition) is 4. The average Bonchev–Trinajstić information content (AvgIpc) is 3.67. The Morgan fingerprint density at radius 3 is 2.29 bits per heavy atom. The number of aliphatic hydroxyl groups excluding tert-OH is 2. The summed E-state index contributed by atoms with van der Waals surface area (Å²) in [5, 5.41) is 27.9. The zero-order valence-corrected chi connectivity index (χ0v) is 35.2. The molecule has 1 aliphatic carbocycles. The van der Waals surface area contributed by atoms with E-state index in [-0.39, 0.29) is 25.8 Å². The number of carbonyl (C=O) groups is 4. The molecule has 9 atom stereocenters. The number of nitrogens with one attached hydrogen (secondary N) is 2. The fourth-order valence-corrected chi connectivity index (χ4v) is 8.91. The number of halogens is 1. The number of unbranched alkanes of at least 4 members (excludes halogenated alkanes) is 4. The number of rotatable bonds is 19. The van der Waals surface area contributed by atoms with Crippen molar-refractivity contribution < 1.29 is 53.2 Å². The number of esters is 2. The predicted octanol–water partition coefficient (Wildman–Crippen LogP) is 4.20. The number of fused-ring (bicyclic) bond motifs is 4. The summed E-state index contributed by atoms with van der Waals surface area (Å²) < 4.78 is 26.2. The van der Waals surface area contributed by atoms with Crippen LogP contribution < -0.4 is 10.6 Å². The monoisotopic (exact) mass is 885 g/mol. The Morgan fingerprint density at radius 2 is 1.69 bits per heavy atom. The molecule has 5 rings (SSSR count). The molecule has 3 aliphatic heterocycles. The maximum Gasteiger partial charge on any atom is 0.327 e. The molecule has 0 radical (unpaired) electrons. The van der Waals surface area contributed by atoms with Gasteiger partial charge in [0, 0.05) is 29.3 Å². The van der Waals surface area contributed by atoms with Gasteiger partial charge in [-0.1, -0.05) is 57.7 Å². The number of carbonyl (C=O) groups excluding carboxylic acids is 4. The van der Waals surface area contributed by atoms with Gasteiger partial charge in [-0.3, -0.25) is 24.0 Å². The van der Waals surface area contributed by atoms with E-state index in [1.165, 1.54) is 12.0 Å². The van der Waals surface area contributed by atoms with Gasteiger partial charge >= 0.3 is 11.9 Å². The van der Waals surface area contributed by atoms with Crippen molar-refractivity contribution in [3.8, 4) is 0 Å². The second-order valence-electron chi connectivity index (χ2n) is 16.5. The smallest absolute Gasteiger partial charge is 0.327 e. The van der Waals surface area contributed by atoms with Crippen molar-refractivity contribution in [2.45, 2.75) is 179 Å². The quantitative estimate of drug-likeness (QED) is 0.0885. The van der Waals surface area contributed by atoms with Crippen LogP contribution in [0.3, 0.4) is 0 Å². The third-order valence-corrected chi connectivity index (χ3v) is 12.1. The van der Waals surface area contributed by atoms with Crippen molar-refractivity contribution in [2.24, 2.45) is 5.41 Å². The Morgan fingerprint density at radius 1 is 1.04 bits per heavy atom. The van der Waals surface area contributed by atoms with Crippen LogP contribution in [0.5, 0.6) is 0 Å². The zero-order valence-electron chi connectivity index (χ0n) is 33.0. The van der Waals surface area contributed by atoms with Gasteiger partial charge in [-0.2, -0.15) is 5.06 Å². The SMILES string of the molecule is CCCCCC1(CCCCC)O[C@@H]2[C@H](O1)[C@H]1ON(Cc3ccccc3I)[C@@H]3C(=O)O[C@@H]2C[C@]13C(=O)N[C@@H](C(=O)N[C@H](CO)CCC(=O)OC(C)(C)C)[C@H](C)O. The molecule has 2 amide bonds. The maximum atomic E-state index is 15.0. The molecular weight excluding hydrogens is 825 g/mol. The van der Waals surface area contributed by atoms with Gasteiger partial charge in [0.15, 0.2) is 11.8 Å². The lowest BCUT2D eigenvalue weighted by Crippen LogP contribution is -2.71. The van der Waals surface area contributed by atoms with E-state index in [1.54, 1.807) is 20.8 Å². The fourth-order valence-electron chi connectivity index (χ4n) is 8.36. The summed E-state index contributed by atoms with van der Waals surface area (Å²) in [5.74, 6) is -3.50. The third kappa shape index (κ3) is 9.83. The van der Waals surface area contributed by atoms with E-state index in [0.717, 1.165) is 47.7 Å². The van der Waals surface area contributed by atoms with Gasteiger partial charge in [-0.15, -0.1) is 0 Å². The van der Waals surface area contributed by atoms with Crippen LogP contribution in [0.2, 0.25) is 0 Å². The number of nitrogens with zero attached hydrogens (tertiary/aromatic N) is 1. The Bertz CT molecular complexity index is 1510. The highest BCUT2D eigenvalue weighted by atomic mass is 127. The van der Waals surface area contributed by atoms with Gasteiger partial charge in [-0.05, 0) is 81.2 Å². The van der Waals surface area contributed by atoms with Crippen LogP contribution in [0.15, 0.2) is 24.3 Å². The lowest BCUT2D eigenvalue weighted by Gasteiger charge is -2.49. The highest BCUT2D eigenvalue weighted by molar-refractivity contribution is 14.1. The molecule has 0 aromatic heterocycles. The molecule has 1 aromatic carbocycles. The molecule has 0 unspecified atom stereocenters. The van der Waals surface area contributed by atoms with Crippen molar-refractivity contribution in [1.82, 2.24) is 15.7 Å². The summed E-state index contributed by atoms with van der Waals surface area (Å²) in [6.45, 7) is 10.5. The Hall–Kier alpha value is -2.41. The van der Waals surface area contributed by atoms with E-state index in [1.807, 2.05) is 24.3 Å². The average molecular weight is 886 g/mol. The molecule has 15 heteroatoms. The van der Waals surface area contributed by atoms with E-state index in [4.69, 9.17) is 23.8 Å². The van der Waals surface area contributed by atoms with Crippen molar-refractivity contribution in [2.75, 3.05) is 6.61 Å². The van der Waals surface area contributed by atoms with Gasteiger partial charge in [0.1, 0.15) is 41.5 Å². The minimum absolute atomic E-state index is 0.0517. The molecule has 55 heavy (non-hydrogen) atoms. The molecule has 3 heterocycles. The van der Waals surface area contributed by atoms with Crippen molar-refractivity contribution in [3.05, 3.63) is 33.4 Å². The molecule has 308 valence electrons. The lowest BCUT2D eigenvalue weighted by molar-refractivity contribution is -0.224. The molecule has 14 nitrogen and oxygen atoms in total. The highest BCUT2D eigenvalue weighted by Gasteiger charge is 2.76. The normalized spacial score (nSPS) is 28.5. The molecule has 4 aliphatic rings. The fraction of sp³-hybridized carbons (Fsp3) is 0.750. The molecule has 4 N–H and O–H groups in total. The summed E-state index contributed by atoms with van der Waals surface area (Å²) in [5.41, 5.74) is -1.39.